The smallest absolute Gasteiger partial charge is 0.406 e. The molecule has 1 aliphatic heterocycles. The number of nitrogens with zero attached hydrogens (tertiary/aromatic N) is 2. The Labute approximate surface area is 179 Å². The van der Waals surface area contributed by atoms with Crippen molar-refractivity contribution in [2.45, 2.75) is 6.36 Å². The molecule has 3 rings (SSSR count). The van der Waals surface area contributed by atoms with Crippen LogP contribution in [0.1, 0.15) is 10.4 Å². The Morgan fingerprint density at radius 1 is 0.967 bits per heavy atom. The molecule has 30 heavy (non-hydrogen) atoms. The number of carbonyl (C=O) groups is 2. The van der Waals surface area contributed by atoms with E-state index in [0.29, 0.717) is 37.4 Å². The molecule has 2 aromatic rings. The van der Waals surface area contributed by atoms with E-state index in [9.17, 15) is 22.8 Å². The molecule has 2 amide bonds. The molecule has 160 valence electrons. The molecule has 1 aliphatic rings. The van der Waals surface area contributed by atoms with Crippen LogP contribution in [-0.2, 0) is 4.79 Å². The van der Waals surface area contributed by atoms with Gasteiger partial charge in [0.1, 0.15) is 5.75 Å². The topological polar surface area (TPSA) is 61.9 Å². The SMILES string of the molecule is O=C(CN1CCN(C(=O)c2ccc(Br)cc2)CC1)Nc1ccc(OC(F)(F)F)cc1. The largest absolute Gasteiger partial charge is 0.573 e. The summed E-state index contributed by atoms with van der Waals surface area (Å²) < 4.78 is 41.2. The molecule has 2 aromatic carbocycles. The van der Waals surface area contributed by atoms with Crippen LogP contribution in [0.5, 0.6) is 5.75 Å². The van der Waals surface area contributed by atoms with Crippen molar-refractivity contribution in [2.75, 3.05) is 38.0 Å². The summed E-state index contributed by atoms with van der Waals surface area (Å²) >= 11 is 3.34. The number of hydrogen-bond donors (Lipinski definition) is 1. The summed E-state index contributed by atoms with van der Waals surface area (Å²) in [4.78, 5) is 28.4. The molecular weight excluding hydrogens is 467 g/mol. The van der Waals surface area contributed by atoms with Crippen LogP contribution in [0.15, 0.2) is 53.0 Å². The van der Waals surface area contributed by atoms with Crippen LogP contribution in [-0.4, -0.2) is 60.7 Å². The van der Waals surface area contributed by atoms with Crippen LogP contribution >= 0.6 is 15.9 Å². The number of amides is 2. The molecule has 0 bridgehead atoms. The van der Waals surface area contributed by atoms with Gasteiger partial charge in [-0.15, -0.1) is 13.2 Å². The Morgan fingerprint density at radius 3 is 2.13 bits per heavy atom. The molecular formula is C20H19BrF3N3O3. The van der Waals surface area contributed by atoms with Crippen molar-refractivity contribution in [2.24, 2.45) is 0 Å². The van der Waals surface area contributed by atoms with Crippen molar-refractivity contribution in [3.63, 3.8) is 0 Å². The molecule has 0 saturated carbocycles. The van der Waals surface area contributed by atoms with Crippen molar-refractivity contribution in [3.8, 4) is 5.75 Å². The summed E-state index contributed by atoms with van der Waals surface area (Å²) in [6, 6.07) is 12.1. The van der Waals surface area contributed by atoms with Gasteiger partial charge in [-0.25, -0.2) is 0 Å². The second kappa shape index (κ2) is 9.48. The van der Waals surface area contributed by atoms with Crippen molar-refractivity contribution in [1.29, 1.82) is 0 Å². The number of anilines is 1. The molecule has 0 unspecified atom stereocenters. The lowest BCUT2D eigenvalue weighted by Gasteiger charge is -2.34. The molecule has 0 atom stereocenters. The van der Waals surface area contributed by atoms with Gasteiger partial charge in [0.05, 0.1) is 6.54 Å². The van der Waals surface area contributed by atoms with Gasteiger partial charge < -0.3 is 15.0 Å². The number of rotatable bonds is 5. The van der Waals surface area contributed by atoms with Gasteiger partial charge in [-0.2, -0.15) is 0 Å². The van der Waals surface area contributed by atoms with Gasteiger partial charge in [0, 0.05) is 41.9 Å². The Hall–Kier alpha value is -2.59. The molecule has 0 aromatic heterocycles. The number of benzene rings is 2. The van der Waals surface area contributed by atoms with Crippen LogP contribution in [0.25, 0.3) is 0 Å². The van der Waals surface area contributed by atoms with E-state index in [2.05, 4.69) is 26.0 Å². The average molecular weight is 486 g/mol. The molecule has 1 saturated heterocycles. The third kappa shape index (κ3) is 6.46. The lowest BCUT2D eigenvalue weighted by molar-refractivity contribution is -0.274. The number of carbonyl (C=O) groups excluding carboxylic acids is 2. The monoisotopic (exact) mass is 485 g/mol. The minimum atomic E-state index is -4.76. The van der Waals surface area contributed by atoms with Crippen molar-refractivity contribution < 1.29 is 27.5 Å². The lowest BCUT2D eigenvalue weighted by atomic mass is 10.2. The highest BCUT2D eigenvalue weighted by atomic mass is 79.9. The van der Waals surface area contributed by atoms with Crippen molar-refractivity contribution in [1.82, 2.24) is 9.80 Å². The third-order valence-corrected chi connectivity index (χ3v) is 5.02. The highest BCUT2D eigenvalue weighted by Gasteiger charge is 2.31. The number of halogens is 4. The Balaban J connectivity index is 1.45. The number of ether oxygens (including phenoxy) is 1. The van der Waals surface area contributed by atoms with Crippen molar-refractivity contribution in [3.05, 3.63) is 58.6 Å². The van der Waals surface area contributed by atoms with E-state index in [0.717, 1.165) is 16.6 Å². The zero-order chi connectivity index (χ0) is 21.7. The fourth-order valence-corrected chi connectivity index (χ4v) is 3.29. The highest BCUT2D eigenvalue weighted by Crippen LogP contribution is 2.24. The molecule has 0 radical (unpaired) electrons. The zero-order valence-electron chi connectivity index (χ0n) is 15.8. The van der Waals surface area contributed by atoms with Crippen LogP contribution < -0.4 is 10.1 Å². The maximum absolute atomic E-state index is 12.5. The summed E-state index contributed by atoms with van der Waals surface area (Å²) in [5.74, 6) is -0.688. The normalized spacial score (nSPS) is 15.0. The molecule has 0 aliphatic carbocycles. The first-order valence-corrected chi connectivity index (χ1v) is 9.92. The zero-order valence-corrected chi connectivity index (χ0v) is 17.4. The maximum atomic E-state index is 12.5. The Bertz CT molecular complexity index is 881. The van der Waals surface area contributed by atoms with E-state index in [4.69, 9.17) is 0 Å². The van der Waals surface area contributed by atoms with Gasteiger partial charge in [0.2, 0.25) is 5.91 Å². The van der Waals surface area contributed by atoms with E-state index < -0.39 is 6.36 Å². The van der Waals surface area contributed by atoms with Gasteiger partial charge in [-0.1, -0.05) is 15.9 Å². The van der Waals surface area contributed by atoms with Gasteiger partial charge in [0.15, 0.2) is 0 Å². The third-order valence-electron chi connectivity index (χ3n) is 4.49. The van der Waals surface area contributed by atoms with E-state index in [-0.39, 0.29) is 24.1 Å². The Kier molecular flexibility index (Phi) is 6.99. The van der Waals surface area contributed by atoms with Crippen LogP contribution in [0.3, 0.4) is 0 Å². The maximum Gasteiger partial charge on any atom is 0.573 e. The standard InChI is InChI=1S/C20H19BrF3N3O3/c21-15-3-1-14(2-4-15)19(29)27-11-9-26(10-12-27)13-18(28)25-16-5-7-17(8-6-16)30-20(22,23)24/h1-8H,9-13H2,(H,25,28). The Morgan fingerprint density at radius 2 is 1.57 bits per heavy atom. The van der Waals surface area contributed by atoms with Gasteiger partial charge in [-0.3, -0.25) is 14.5 Å². The first kappa shape index (κ1) is 22.1. The fourth-order valence-electron chi connectivity index (χ4n) is 3.03. The minimum Gasteiger partial charge on any atom is -0.406 e. The van der Waals surface area contributed by atoms with Gasteiger partial charge in [0.25, 0.3) is 5.91 Å². The minimum absolute atomic E-state index is 0.0484. The number of nitrogens with one attached hydrogen (secondary N) is 1. The average Bonchev–Trinajstić information content (AvgIpc) is 2.69. The van der Waals surface area contributed by atoms with Gasteiger partial charge in [-0.05, 0) is 48.5 Å². The van der Waals surface area contributed by atoms with Crippen LogP contribution in [0.2, 0.25) is 0 Å². The van der Waals surface area contributed by atoms with Crippen LogP contribution in [0.4, 0.5) is 18.9 Å². The molecule has 6 nitrogen and oxygen atoms in total. The van der Waals surface area contributed by atoms with Crippen molar-refractivity contribution >= 4 is 33.4 Å². The summed E-state index contributed by atoms with van der Waals surface area (Å²) in [6.07, 6.45) is -4.76. The molecule has 10 heteroatoms. The van der Waals surface area contributed by atoms with Crippen LogP contribution in [0, 0.1) is 0 Å². The molecule has 1 N–H and O–H groups in total. The van der Waals surface area contributed by atoms with Gasteiger partial charge >= 0.3 is 6.36 Å². The second-order valence-electron chi connectivity index (χ2n) is 6.70. The summed E-state index contributed by atoms with van der Waals surface area (Å²) in [5.41, 5.74) is 0.987. The predicted molar refractivity (Wildman–Crippen MR) is 108 cm³/mol. The fraction of sp³-hybridized carbons (Fsp3) is 0.300. The molecule has 1 heterocycles. The first-order valence-electron chi connectivity index (χ1n) is 9.12. The van der Waals surface area contributed by atoms with E-state index in [1.165, 1.54) is 12.1 Å². The second-order valence-corrected chi connectivity index (χ2v) is 7.61. The summed E-state index contributed by atoms with van der Waals surface area (Å²) in [7, 11) is 0. The number of alkyl halides is 3. The quantitative estimate of drug-likeness (QED) is 0.700. The lowest BCUT2D eigenvalue weighted by Crippen LogP contribution is -2.50. The molecule has 0 spiro atoms. The predicted octanol–water partition coefficient (Wildman–Crippen LogP) is 3.74. The summed E-state index contributed by atoms with van der Waals surface area (Å²) in [5, 5.41) is 2.64. The highest BCUT2D eigenvalue weighted by molar-refractivity contribution is 9.10. The van der Waals surface area contributed by atoms with E-state index >= 15 is 0 Å². The van der Waals surface area contributed by atoms with E-state index in [1.54, 1.807) is 17.0 Å². The van der Waals surface area contributed by atoms with E-state index in [1.807, 2.05) is 17.0 Å². The summed E-state index contributed by atoms with van der Waals surface area (Å²) in [6.45, 7) is 2.24. The number of hydrogen-bond acceptors (Lipinski definition) is 4. The molecule has 1 fully saturated rings. The number of piperazine rings is 1. The first-order chi connectivity index (χ1) is 14.2.